The van der Waals surface area contributed by atoms with Gasteiger partial charge in [0.05, 0.1) is 0 Å². The van der Waals surface area contributed by atoms with Crippen LogP contribution in [-0.4, -0.2) is 24.2 Å². The van der Waals surface area contributed by atoms with E-state index in [1.54, 1.807) is 15.7 Å². The van der Waals surface area contributed by atoms with E-state index >= 15 is 0 Å². The molecule has 26 heavy (non-hydrogen) atoms. The van der Waals surface area contributed by atoms with E-state index in [4.69, 9.17) is 0 Å². The molecule has 1 heterocycles. The van der Waals surface area contributed by atoms with Gasteiger partial charge in [0.15, 0.2) is 0 Å². The molecule has 0 unspecified atom stereocenters. The van der Waals surface area contributed by atoms with E-state index < -0.39 is 0 Å². The molecular weight excluding hydrogens is 391 g/mol. The van der Waals surface area contributed by atoms with Crippen LogP contribution in [0.3, 0.4) is 0 Å². The van der Waals surface area contributed by atoms with Gasteiger partial charge in [0, 0.05) is 0 Å². The van der Waals surface area contributed by atoms with Crippen LogP contribution in [0, 0.1) is 6.92 Å². The normalized spacial score (nSPS) is 10.8. The van der Waals surface area contributed by atoms with Crippen molar-refractivity contribution < 1.29 is 4.79 Å². The fraction of sp³-hybridized carbons (Fsp3) is 0.0476. The number of anilines is 1. The molecule has 1 aromatic heterocycles. The summed E-state index contributed by atoms with van der Waals surface area (Å²) in [6, 6.07) is 22.6. The van der Waals surface area contributed by atoms with Gasteiger partial charge in [0.25, 0.3) is 0 Å². The van der Waals surface area contributed by atoms with Crippen LogP contribution in [0.4, 0.5) is 5.69 Å². The second-order valence-corrected chi connectivity index (χ2v) is 8.13. The van der Waals surface area contributed by atoms with Gasteiger partial charge in [-0.25, -0.2) is 0 Å². The summed E-state index contributed by atoms with van der Waals surface area (Å²) in [6.45, 7) is 1.98. The van der Waals surface area contributed by atoms with Crippen LogP contribution in [0.2, 0.25) is 0 Å². The summed E-state index contributed by atoms with van der Waals surface area (Å²) in [5, 5.41) is 3.67. The van der Waals surface area contributed by atoms with Crippen molar-refractivity contribution in [3.05, 3.63) is 94.3 Å². The summed E-state index contributed by atoms with van der Waals surface area (Å²) in [4.78, 5) is 25.0. The molecule has 0 saturated heterocycles. The van der Waals surface area contributed by atoms with Crippen LogP contribution in [0.5, 0.6) is 0 Å². The van der Waals surface area contributed by atoms with E-state index in [0.29, 0.717) is 5.56 Å². The van der Waals surface area contributed by atoms with Gasteiger partial charge in [0.1, 0.15) is 0 Å². The Morgan fingerprint density at radius 3 is 2.46 bits per heavy atom. The molecule has 0 radical (unpaired) electrons. The molecule has 0 aliphatic heterocycles. The predicted molar refractivity (Wildman–Crippen MR) is 106 cm³/mol. The third kappa shape index (κ3) is 3.15. The van der Waals surface area contributed by atoms with Crippen molar-refractivity contribution >= 4 is 36.0 Å². The van der Waals surface area contributed by atoms with Gasteiger partial charge in [-0.3, -0.25) is 0 Å². The van der Waals surface area contributed by atoms with Crippen molar-refractivity contribution in [2.24, 2.45) is 0 Å². The molecule has 5 heteroatoms. The molecule has 0 aliphatic rings. The van der Waals surface area contributed by atoms with Crippen molar-refractivity contribution in [3.63, 3.8) is 0 Å². The number of carbonyl (C=O) groups excluding carboxylic acids is 1. The van der Waals surface area contributed by atoms with Gasteiger partial charge in [-0.15, -0.1) is 0 Å². The van der Waals surface area contributed by atoms with E-state index in [1.807, 2.05) is 67.6 Å². The number of aromatic nitrogens is 1. The number of carbonyl (C=O) groups is 1. The number of hydrogen-bond donors (Lipinski definition) is 1. The third-order valence-electron chi connectivity index (χ3n) is 4.13. The molecule has 4 nitrogen and oxygen atoms in total. The molecule has 128 valence electrons. The molecule has 0 saturated carbocycles. The molecule has 0 spiro atoms. The Morgan fingerprint density at radius 2 is 1.73 bits per heavy atom. The van der Waals surface area contributed by atoms with Crippen molar-refractivity contribution in [3.8, 4) is 5.69 Å². The van der Waals surface area contributed by atoms with Crippen molar-refractivity contribution in [2.75, 3.05) is 5.32 Å². The van der Waals surface area contributed by atoms with E-state index in [2.05, 4.69) is 5.32 Å². The third-order valence-corrected chi connectivity index (χ3v) is 6.46. The van der Waals surface area contributed by atoms with E-state index in [1.165, 1.54) is 0 Å². The molecule has 0 fully saturated rings. The summed E-state index contributed by atoms with van der Waals surface area (Å²) < 4.78 is 2.88. The van der Waals surface area contributed by atoms with Crippen LogP contribution in [0.25, 0.3) is 15.3 Å². The van der Waals surface area contributed by atoms with E-state index in [9.17, 15) is 9.59 Å². The Kier molecular flexibility index (Phi) is 4.33. The summed E-state index contributed by atoms with van der Waals surface area (Å²) >= 11 is -0.0704. The van der Waals surface area contributed by atoms with Gasteiger partial charge in [-0.1, -0.05) is 0 Å². The molecular formula is C21H16N2O2Se. The molecule has 1 amide bonds. The van der Waals surface area contributed by atoms with Gasteiger partial charge in [-0.2, -0.15) is 0 Å². The number of fused-ring (bicyclic) bond motifs is 1. The number of nitrogens with one attached hydrogen (secondary N) is 1. The van der Waals surface area contributed by atoms with Crippen molar-refractivity contribution in [1.82, 2.24) is 3.56 Å². The van der Waals surface area contributed by atoms with Gasteiger partial charge < -0.3 is 0 Å². The predicted octanol–water partition coefficient (Wildman–Crippen LogP) is 3.61. The quantitative estimate of drug-likeness (QED) is 0.528. The number of benzene rings is 3. The zero-order valence-corrected chi connectivity index (χ0v) is 15.8. The van der Waals surface area contributed by atoms with Gasteiger partial charge in [-0.05, 0) is 0 Å². The molecule has 0 atom stereocenters. The Morgan fingerprint density at radius 1 is 0.962 bits per heavy atom. The number of nitrogens with zero attached hydrogens (tertiary/aromatic N) is 1. The summed E-state index contributed by atoms with van der Waals surface area (Å²) in [7, 11) is 0. The Balaban J connectivity index is 1.61. The molecule has 0 bridgehead atoms. The van der Waals surface area contributed by atoms with Crippen molar-refractivity contribution in [1.29, 1.82) is 0 Å². The Bertz CT molecular complexity index is 1160. The minimum atomic E-state index is -0.163. The van der Waals surface area contributed by atoms with Crippen LogP contribution < -0.4 is 10.9 Å². The first kappa shape index (κ1) is 16.6. The first-order valence-corrected chi connectivity index (χ1v) is 9.83. The second kappa shape index (κ2) is 6.79. The summed E-state index contributed by atoms with van der Waals surface area (Å²) in [5.41, 5.74) is 3.27. The maximum atomic E-state index is 12.6. The number of aryl methyl sites for hydroxylation is 1. The van der Waals surface area contributed by atoms with E-state index in [-0.39, 0.29) is 26.2 Å². The first-order chi connectivity index (χ1) is 12.6. The van der Waals surface area contributed by atoms with Crippen molar-refractivity contribution in [2.45, 2.75) is 6.92 Å². The van der Waals surface area contributed by atoms with Gasteiger partial charge >= 0.3 is 157 Å². The standard InChI is InChI=1S/C21H16N2O2Se/c1-14-5-4-6-16(13-14)22-20(24)15-9-11-17(12-10-15)23-21(25)18-7-2-3-8-19(18)26-23/h2-13H,1H3,(H,22,24). The maximum absolute atomic E-state index is 12.6. The fourth-order valence-corrected chi connectivity index (χ4v) is 4.91. The Labute approximate surface area is 156 Å². The number of hydrogen-bond acceptors (Lipinski definition) is 2. The zero-order valence-electron chi connectivity index (χ0n) is 14.1. The Hall–Kier alpha value is -2.88. The molecule has 4 rings (SSSR count). The van der Waals surface area contributed by atoms with Gasteiger partial charge in [0.2, 0.25) is 0 Å². The second-order valence-electron chi connectivity index (χ2n) is 6.06. The van der Waals surface area contributed by atoms with Crippen LogP contribution in [-0.2, 0) is 0 Å². The molecule has 0 aliphatic carbocycles. The fourth-order valence-electron chi connectivity index (χ4n) is 2.82. The first-order valence-electron chi connectivity index (χ1n) is 8.21. The molecule has 4 aromatic rings. The average Bonchev–Trinajstić information content (AvgIpc) is 2.99. The summed E-state index contributed by atoms with van der Waals surface area (Å²) in [6.07, 6.45) is 0. The van der Waals surface area contributed by atoms with Crippen LogP contribution in [0.1, 0.15) is 15.9 Å². The van der Waals surface area contributed by atoms with Crippen LogP contribution >= 0.6 is 0 Å². The zero-order chi connectivity index (χ0) is 18.1. The monoisotopic (exact) mass is 408 g/mol. The number of rotatable bonds is 3. The summed E-state index contributed by atoms with van der Waals surface area (Å²) in [5.74, 6) is -0.163. The molecule has 1 N–H and O–H groups in total. The minimum absolute atomic E-state index is 0.0255. The average molecular weight is 407 g/mol. The number of amides is 1. The SMILES string of the molecule is Cc1cccc(NC(=O)c2ccc(-n3[se]c4ccccc4c3=O)cc2)c1. The topological polar surface area (TPSA) is 51.1 Å². The molecule has 3 aromatic carbocycles. The van der Waals surface area contributed by atoms with Crippen LogP contribution in [0.15, 0.2) is 77.6 Å². The van der Waals surface area contributed by atoms with E-state index in [0.717, 1.165) is 26.6 Å².